The van der Waals surface area contributed by atoms with Crippen molar-refractivity contribution in [1.29, 1.82) is 0 Å². The zero-order valence-electron chi connectivity index (χ0n) is 14.9. The molecule has 2 heterocycles. The molecule has 2 rings (SSSR count). The Balaban J connectivity index is 0.00000288. The van der Waals surface area contributed by atoms with E-state index in [1.165, 1.54) is 4.88 Å². The molecular formula is C17H30IN3OS2. The fraction of sp³-hybridized carbons (Fsp3) is 0.706. The zero-order valence-corrected chi connectivity index (χ0v) is 18.9. The van der Waals surface area contributed by atoms with Crippen LogP contribution in [0.2, 0.25) is 0 Å². The molecule has 7 heteroatoms. The van der Waals surface area contributed by atoms with E-state index in [4.69, 9.17) is 4.74 Å². The molecule has 24 heavy (non-hydrogen) atoms. The van der Waals surface area contributed by atoms with Crippen LogP contribution < -0.4 is 5.32 Å². The molecule has 1 saturated heterocycles. The predicted molar refractivity (Wildman–Crippen MR) is 118 cm³/mol. The maximum absolute atomic E-state index is 5.55. The molecule has 0 spiro atoms. The lowest BCUT2D eigenvalue weighted by atomic mass is 9.99. The van der Waals surface area contributed by atoms with Crippen LogP contribution in [0.25, 0.3) is 0 Å². The van der Waals surface area contributed by atoms with Gasteiger partial charge in [-0.15, -0.1) is 35.3 Å². The molecule has 4 nitrogen and oxygen atoms in total. The summed E-state index contributed by atoms with van der Waals surface area (Å²) in [5.74, 6) is 2.14. The van der Waals surface area contributed by atoms with Gasteiger partial charge in [-0.25, -0.2) is 0 Å². The predicted octanol–water partition coefficient (Wildman–Crippen LogP) is 3.72. The van der Waals surface area contributed by atoms with Crippen molar-refractivity contribution in [1.82, 2.24) is 10.2 Å². The Kier molecular flexibility index (Phi) is 10.7. The number of thiophene rings is 1. The zero-order chi connectivity index (χ0) is 16.5. The summed E-state index contributed by atoms with van der Waals surface area (Å²) >= 11 is 3.88. The van der Waals surface area contributed by atoms with Crippen LogP contribution in [0.4, 0.5) is 0 Å². The number of hydrogen-bond acceptors (Lipinski definition) is 4. The summed E-state index contributed by atoms with van der Waals surface area (Å²) in [6.07, 6.45) is 3.31. The Labute approximate surface area is 171 Å². The summed E-state index contributed by atoms with van der Waals surface area (Å²) in [7, 11) is 3.99. The topological polar surface area (TPSA) is 36.9 Å². The number of thioether (sulfide) groups is 1. The molecule has 0 saturated carbocycles. The first kappa shape index (κ1) is 22.1. The Morgan fingerprint density at radius 2 is 2.21 bits per heavy atom. The van der Waals surface area contributed by atoms with Gasteiger partial charge < -0.3 is 15.0 Å². The fourth-order valence-electron chi connectivity index (χ4n) is 2.89. The number of halogens is 1. The van der Waals surface area contributed by atoms with E-state index in [-0.39, 0.29) is 28.7 Å². The molecule has 1 aliphatic heterocycles. The third-order valence-corrected chi connectivity index (χ3v) is 6.66. The first-order chi connectivity index (χ1) is 11.2. The van der Waals surface area contributed by atoms with Gasteiger partial charge in [-0.3, -0.25) is 4.99 Å². The van der Waals surface area contributed by atoms with Crippen LogP contribution in [0.5, 0.6) is 0 Å². The SMILES string of the molecule is CCSC1(CNC(=NC)N(C)CCc2cccs2)CCOCC1.I. The number of hydrogen-bond donors (Lipinski definition) is 1. The average molecular weight is 483 g/mol. The van der Waals surface area contributed by atoms with Crippen molar-refractivity contribution >= 4 is 53.0 Å². The highest BCUT2D eigenvalue weighted by molar-refractivity contribution is 14.0. The molecule has 1 aromatic heterocycles. The number of ether oxygens (including phenoxy) is 1. The molecule has 0 aromatic carbocycles. The minimum Gasteiger partial charge on any atom is -0.381 e. The van der Waals surface area contributed by atoms with Crippen LogP contribution in [-0.4, -0.2) is 61.8 Å². The Morgan fingerprint density at radius 3 is 2.79 bits per heavy atom. The summed E-state index contributed by atoms with van der Waals surface area (Å²) in [5, 5.41) is 5.74. The minimum atomic E-state index is 0. The number of nitrogens with one attached hydrogen (secondary N) is 1. The van der Waals surface area contributed by atoms with Crippen molar-refractivity contribution in [3.05, 3.63) is 22.4 Å². The van der Waals surface area contributed by atoms with E-state index in [1.54, 1.807) is 0 Å². The largest absolute Gasteiger partial charge is 0.381 e. The van der Waals surface area contributed by atoms with E-state index >= 15 is 0 Å². The van der Waals surface area contributed by atoms with Gasteiger partial charge in [0.25, 0.3) is 0 Å². The lowest BCUT2D eigenvalue weighted by Crippen LogP contribution is -2.48. The molecule has 0 aliphatic carbocycles. The van der Waals surface area contributed by atoms with E-state index in [9.17, 15) is 0 Å². The van der Waals surface area contributed by atoms with Crippen molar-refractivity contribution in [3.63, 3.8) is 0 Å². The van der Waals surface area contributed by atoms with E-state index in [1.807, 2.05) is 18.4 Å². The van der Waals surface area contributed by atoms with Crippen LogP contribution in [0, 0.1) is 0 Å². The summed E-state index contributed by atoms with van der Waals surface area (Å²) in [5.41, 5.74) is 0. The Bertz CT molecular complexity index is 471. The monoisotopic (exact) mass is 483 g/mol. The summed E-state index contributed by atoms with van der Waals surface area (Å²) in [6, 6.07) is 4.31. The van der Waals surface area contributed by atoms with Crippen molar-refractivity contribution in [2.75, 3.05) is 46.2 Å². The van der Waals surface area contributed by atoms with Crippen LogP contribution in [0.1, 0.15) is 24.6 Å². The molecule has 1 fully saturated rings. The second-order valence-electron chi connectivity index (χ2n) is 5.88. The van der Waals surface area contributed by atoms with Gasteiger partial charge in [0.2, 0.25) is 0 Å². The van der Waals surface area contributed by atoms with Gasteiger partial charge in [0.15, 0.2) is 5.96 Å². The van der Waals surface area contributed by atoms with Gasteiger partial charge in [0.05, 0.1) is 0 Å². The lowest BCUT2D eigenvalue weighted by molar-refractivity contribution is 0.0781. The third kappa shape index (κ3) is 6.72. The molecule has 1 N–H and O–H groups in total. The number of likely N-dealkylation sites (N-methyl/N-ethyl adjacent to an activating group) is 1. The van der Waals surface area contributed by atoms with E-state index < -0.39 is 0 Å². The van der Waals surface area contributed by atoms with Gasteiger partial charge in [-0.1, -0.05) is 13.0 Å². The normalized spacial score (nSPS) is 17.2. The number of rotatable bonds is 7. The first-order valence-electron chi connectivity index (χ1n) is 8.35. The quantitative estimate of drug-likeness (QED) is 0.365. The van der Waals surface area contributed by atoms with Crippen molar-refractivity contribution in [2.45, 2.75) is 30.9 Å². The molecule has 138 valence electrons. The summed E-state index contributed by atoms with van der Waals surface area (Å²) in [6.45, 7) is 5.94. The number of nitrogens with zero attached hydrogens (tertiary/aromatic N) is 2. The van der Waals surface area contributed by atoms with Crippen LogP contribution in [0.15, 0.2) is 22.5 Å². The van der Waals surface area contributed by atoms with Gasteiger partial charge in [-0.05, 0) is 36.5 Å². The van der Waals surface area contributed by atoms with E-state index in [0.717, 1.165) is 57.3 Å². The van der Waals surface area contributed by atoms with Gasteiger partial charge >= 0.3 is 0 Å². The smallest absolute Gasteiger partial charge is 0.193 e. The van der Waals surface area contributed by atoms with E-state index in [0.29, 0.717) is 0 Å². The molecule has 1 aromatic rings. The second-order valence-corrected chi connectivity index (χ2v) is 8.64. The van der Waals surface area contributed by atoms with E-state index in [2.05, 4.69) is 58.5 Å². The summed E-state index contributed by atoms with van der Waals surface area (Å²) < 4.78 is 5.84. The highest BCUT2D eigenvalue weighted by Gasteiger charge is 2.32. The highest BCUT2D eigenvalue weighted by atomic mass is 127. The molecule has 1 aliphatic rings. The minimum absolute atomic E-state index is 0. The second kappa shape index (κ2) is 11.6. The van der Waals surface area contributed by atoms with Gasteiger partial charge in [-0.2, -0.15) is 11.8 Å². The molecule has 0 atom stereocenters. The van der Waals surface area contributed by atoms with Crippen molar-refractivity contribution in [3.8, 4) is 0 Å². The molecule has 0 radical (unpaired) electrons. The first-order valence-corrected chi connectivity index (χ1v) is 10.2. The maximum atomic E-state index is 5.55. The molecule has 0 amide bonds. The van der Waals surface area contributed by atoms with Crippen LogP contribution >= 0.6 is 47.1 Å². The standard InChI is InChI=1S/C17H29N3OS2.HI/c1-4-23-17(8-11-21-12-9-17)14-19-16(18-2)20(3)10-7-15-6-5-13-22-15;/h5-6,13H,4,7-12,14H2,1-3H3,(H,18,19);1H. The Hall–Kier alpha value is 0.01000. The molecular weight excluding hydrogens is 453 g/mol. The Morgan fingerprint density at radius 1 is 1.46 bits per heavy atom. The lowest BCUT2D eigenvalue weighted by Gasteiger charge is -2.37. The third-order valence-electron chi connectivity index (χ3n) is 4.27. The number of guanidine groups is 1. The van der Waals surface area contributed by atoms with Gasteiger partial charge in [0.1, 0.15) is 0 Å². The van der Waals surface area contributed by atoms with Crippen LogP contribution in [0.3, 0.4) is 0 Å². The molecule has 0 unspecified atom stereocenters. The number of aliphatic imine (C=N–C) groups is 1. The maximum Gasteiger partial charge on any atom is 0.193 e. The highest BCUT2D eigenvalue weighted by Crippen LogP contribution is 2.34. The summed E-state index contributed by atoms with van der Waals surface area (Å²) in [4.78, 5) is 8.11. The van der Waals surface area contributed by atoms with Crippen LogP contribution in [-0.2, 0) is 11.2 Å². The van der Waals surface area contributed by atoms with Gasteiger partial charge in [0, 0.05) is 50.0 Å². The fourth-order valence-corrected chi connectivity index (χ4v) is 4.83. The van der Waals surface area contributed by atoms with Crippen molar-refractivity contribution in [2.24, 2.45) is 4.99 Å². The van der Waals surface area contributed by atoms with Crippen molar-refractivity contribution < 1.29 is 4.74 Å². The average Bonchev–Trinajstić information content (AvgIpc) is 3.08. The molecule has 0 bridgehead atoms.